The van der Waals surface area contributed by atoms with Crippen LogP contribution in [0, 0.1) is 5.41 Å². The number of carbonyl (C=O) groups is 1. The molecule has 7 heteroatoms. The highest BCUT2D eigenvalue weighted by Crippen LogP contribution is 2.40. The van der Waals surface area contributed by atoms with Crippen LogP contribution in [0.4, 0.5) is 18.9 Å². The SMILES string of the molecule is CC1(C)CC=C(c2cc(CN3CCNCC3)ccc2NC(=O)C(F)(F)F)CC1. The van der Waals surface area contributed by atoms with Crippen molar-refractivity contribution in [2.24, 2.45) is 5.41 Å². The number of hydrogen-bond acceptors (Lipinski definition) is 3. The fourth-order valence-corrected chi connectivity index (χ4v) is 3.71. The second kappa shape index (κ2) is 8.25. The lowest BCUT2D eigenvalue weighted by Crippen LogP contribution is -2.42. The molecule has 0 atom stereocenters. The Morgan fingerprint density at radius 1 is 1.25 bits per heavy atom. The Bertz CT molecular complexity index is 750. The molecule has 154 valence electrons. The summed E-state index contributed by atoms with van der Waals surface area (Å²) < 4.78 is 38.3. The van der Waals surface area contributed by atoms with Crippen molar-refractivity contribution in [2.45, 2.75) is 45.8 Å². The van der Waals surface area contributed by atoms with E-state index in [1.165, 1.54) is 0 Å². The lowest BCUT2D eigenvalue weighted by atomic mass is 9.76. The molecule has 0 radical (unpaired) electrons. The Balaban J connectivity index is 1.88. The molecule has 0 unspecified atom stereocenters. The van der Waals surface area contributed by atoms with Crippen LogP contribution in [0.5, 0.6) is 0 Å². The molecule has 1 aromatic rings. The number of carbonyl (C=O) groups excluding carboxylic acids is 1. The summed E-state index contributed by atoms with van der Waals surface area (Å²) in [6, 6.07) is 5.36. The summed E-state index contributed by atoms with van der Waals surface area (Å²) in [5.41, 5.74) is 3.20. The van der Waals surface area contributed by atoms with Gasteiger partial charge in [0.15, 0.2) is 0 Å². The van der Waals surface area contributed by atoms with Crippen LogP contribution in [0.15, 0.2) is 24.3 Å². The van der Waals surface area contributed by atoms with Gasteiger partial charge in [-0.1, -0.05) is 26.0 Å². The fourth-order valence-electron chi connectivity index (χ4n) is 3.71. The predicted molar refractivity (Wildman–Crippen MR) is 105 cm³/mol. The molecule has 1 fully saturated rings. The molecule has 1 saturated heterocycles. The van der Waals surface area contributed by atoms with Gasteiger partial charge in [0.2, 0.25) is 0 Å². The van der Waals surface area contributed by atoms with Crippen LogP contribution >= 0.6 is 0 Å². The van der Waals surface area contributed by atoms with Crippen molar-refractivity contribution in [3.63, 3.8) is 0 Å². The number of halogens is 3. The van der Waals surface area contributed by atoms with Gasteiger partial charge in [-0.25, -0.2) is 0 Å². The molecule has 0 spiro atoms. The third-order valence-electron chi connectivity index (χ3n) is 5.52. The van der Waals surface area contributed by atoms with E-state index in [0.717, 1.165) is 63.1 Å². The number of piperazine rings is 1. The molecular weight excluding hydrogens is 367 g/mol. The minimum absolute atomic E-state index is 0.192. The van der Waals surface area contributed by atoms with E-state index in [-0.39, 0.29) is 11.1 Å². The van der Waals surface area contributed by atoms with E-state index < -0.39 is 12.1 Å². The van der Waals surface area contributed by atoms with Crippen LogP contribution in [-0.4, -0.2) is 43.2 Å². The van der Waals surface area contributed by atoms with Crippen molar-refractivity contribution in [3.8, 4) is 0 Å². The molecule has 0 aromatic heterocycles. The zero-order valence-electron chi connectivity index (χ0n) is 16.5. The number of hydrogen-bond donors (Lipinski definition) is 2. The van der Waals surface area contributed by atoms with Gasteiger partial charge >= 0.3 is 12.1 Å². The summed E-state index contributed by atoms with van der Waals surface area (Å²) in [6.07, 6.45) is -0.167. The molecule has 28 heavy (non-hydrogen) atoms. The fraction of sp³-hybridized carbons (Fsp3) is 0.571. The molecule has 3 rings (SSSR count). The summed E-state index contributed by atoms with van der Waals surface area (Å²) in [7, 11) is 0. The second-order valence-electron chi connectivity index (χ2n) is 8.46. The number of anilines is 1. The van der Waals surface area contributed by atoms with Crippen LogP contribution in [0.2, 0.25) is 0 Å². The van der Waals surface area contributed by atoms with Gasteiger partial charge in [0.25, 0.3) is 0 Å². The number of alkyl halides is 3. The van der Waals surface area contributed by atoms with E-state index in [9.17, 15) is 18.0 Å². The Labute approximate surface area is 164 Å². The van der Waals surface area contributed by atoms with Gasteiger partial charge < -0.3 is 10.6 Å². The van der Waals surface area contributed by atoms with E-state index in [1.807, 2.05) is 12.1 Å². The maximum atomic E-state index is 12.8. The van der Waals surface area contributed by atoms with E-state index >= 15 is 0 Å². The largest absolute Gasteiger partial charge is 0.471 e. The molecule has 2 N–H and O–H groups in total. The Kier molecular flexibility index (Phi) is 6.15. The van der Waals surface area contributed by atoms with Crippen molar-refractivity contribution in [3.05, 3.63) is 35.4 Å². The van der Waals surface area contributed by atoms with Gasteiger partial charge in [0, 0.05) is 44.0 Å². The molecule has 1 heterocycles. The van der Waals surface area contributed by atoms with Crippen LogP contribution in [0.1, 0.15) is 44.2 Å². The van der Waals surface area contributed by atoms with Crippen molar-refractivity contribution in [1.82, 2.24) is 10.2 Å². The van der Waals surface area contributed by atoms with E-state index in [4.69, 9.17) is 0 Å². The summed E-state index contributed by atoms with van der Waals surface area (Å²) in [5.74, 6) is -1.93. The Morgan fingerprint density at radius 3 is 2.57 bits per heavy atom. The number of amides is 1. The van der Waals surface area contributed by atoms with Gasteiger partial charge in [0.05, 0.1) is 0 Å². The zero-order chi connectivity index (χ0) is 20.4. The first-order valence-electron chi connectivity index (χ1n) is 9.78. The summed E-state index contributed by atoms with van der Waals surface area (Å²) in [6.45, 7) is 8.89. The maximum absolute atomic E-state index is 12.8. The first-order valence-corrected chi connectivity index (χ1v) is 9.78. The topological polar surface area (TPSA) is 44.4 Å². The number of rotatable bonds is 4. The number of benzene rings is 1. The van der Waals surface area contributed by atoms with Gasteiger partial charge in [-0.2, -0.15) is 13.2 Å². The molecule has 1 amide bonds. The molecule has 1 aromatic carbocycles. The highest BCUT2D eigenvalue weighted by molar-refractivity contribution is 5.97. The first kappa shape index (κ1) is 20.9. The van der Waals surface area contributed by atoms with E-state index in [2.05, 4.69) is 35.5 Å². The minimum atomic E-state index is -4.90. The van der Waals surface area contributed by atoms with Crippen molar-refractivity contribution >= 4 is 17.2 Å². The summed E-state index contributed by atoms with van der Waals surface area (Å²) in [4.78, 5) is 13.8. The monoisotopic (exact) mass is 395 g/mol. The van der Waals surface area contributed by atoms with E-state index in [0.29, 0.717) is 5.56 Å². The Hall–Kier alpha value is -1.86. The number of nitrogens with one attached hydrogen (secondary N) is 2. The molecule has 1 aliphatic heterocycles. The molecule has 1 aliphatic carbocycles. The van der Waals surface area contributed by atoms with Gasteiger partial charge in [0.1, 0.15) is 0 Å². The average Bonchev–Trinajstić information content (AvgIpc) is 2.63. The highest BCUT2D eigenvalue weighted by atomic mass is 19.4. The van der Waals surface area contributed by atoms with E-state index in [1.54, 1.807) is 6.07 Å². The first-order chi connectivity index (χ1) is 13.1. The van der Waals surface area contributed by atoms with Crippen LogP contribution in [0.3, 0.4) is 0 Å². The number of nitrogens with zero attached hydrogens (tertiary/aromatic N) is 1. The third kappa shape index (κ3) is 5.35. The van der Waals surface area contributed by atoms with Gasteiger partial charge in [-0.05, 0) is 47.9 Å². The lowest BCUT2D eigenvalue weighted by molar-refractivity contribution is -0.167. The molecule has 0 bridgehead atoms. The third-order valence-corrected chi connectivity index (χ3v) is 5.52. The highest BCUT2D eigenvalue weighted by Gasteiger charge is 2.39. The normalized spacial score (nSPS) is 20.5. The second-order valence-corrected chi connectivity index (χ2v) is 8.46. The maximum Gasteiger partial charge on any atom is 0.471 e. The molecule has 4 nitrogen and oxygen atoms in total. The zero-order valence-corrected chi connectivity index (χ0v) is 16.5. The van der Waals surface area contributed by atoms with Crippen LogP contribution < -0.4 is 10.6 Å². The lowest BCUT2D eigenvalue weighted by Gasteiger charge is -2.30. The van der Waals surface area contributed by atoms with Crippen molar-refractivity contribution < 1.29 is 18.0 Å². The molecule has 0 saturated carbocycles. The van der Waals surface area contributed by atoms with Crippen LogP contribution in [-0.2, 0) is 11.3 Å². The standard InChI is InChI=1S/C21H28F3N3O/c1-20(2)7-5-16(6-8-20)17-13-15(14-27-11-9-25-10-12-27)3-4-18(17)26-19(28)21(22,23)24/h3-5,13,25H,6-12,14H2,1-2H3,(H,26,28). The molecular formula is C21H28F3N3O. The molecule has 2 aliphatic rings. The van der Waals surface area contributed by atoms with Gasteiger partial charge in [-0.3, -0.25) is 9.69 Å². The predicted octanol–water partition coefficient (Wildman–Crippen LogP) is 4.19. The van der Waals surface area contributed by atoms with Gasteiger partial charge in [-0.15, -0.1) is 0 Å². The quantitative estimate of drug-likeness (QED) is 0.804. The van der Waals surface area contributed by atoms with Crippen molar-refractivity contribution in [2.75, 3.05) is 31.5 Å². The average molecular weight is 395 g/mol. The minimum Gasteiger partial charge on any atom is -0.318 e. The Morgan fingerprint density at radius 2 is 1.96 bits per heavy atom. The van der Waals surface area contributed by atoms with Crippen LogP contribution in [0.25, 0.3) is 5.57 Å². The number of allylic oxidation sites excluding steroid dienone is 2. The smallest absolute Gasteiger partial charge is 0.318 e. The summed E-state index contributed by atoms with van der Waals surface area (Å²) >= 11 is 0. The van der Waals surface area contributed by atoms with Crippen molar-refractivity contribution in [1.29, 1.82) is 0 Å². The summed E-state index contributed by atoms with van der Waals surface area (Å²) in [5, 5.41) is 5.38.